The highest BCUT2D eigenvalue weighted by atomic mass is 19.1. The number of amides is 1. The molecular formula is C32H37FN2O3. The van der Waals surface area contributed by atoms with Crippen LogP contribution in [0.5, 0.6) is 0 Å². The highest BCUT2D eigenvalue weighted by Gasteiger charge is 2.45. The van der Waals surface area contributed by atoms with Crippen LogP contribution >= 0.6 is 0 Å². The third-order valence-electron chi connectivity index (χ3n) is 7.44. The summed E-state index contributed by atoms with van der Waals surface area (Å²) in [5, 5.41) is 0. The molecule has 1 fully saturated rings. The molecule has 0 aliphatic carbocycles. The average Bonchev–Trinajstić information content (AvgIpc) is 3.30. The fourth-order valence-electron chi connectivity index (χ4n) is 5.69. The van der Waals surface area contributed by atoms with Gasteiger partial charge in [-0.1, -0.05) is 80.6 Å². The van der Waals surface area contributed by atoms with Crippen LogP contribution < -0.4 is 4.90 Å². The van der Waals surface area contributed by atoms with E-state index in [1.807, 2.05) is 80.6 Å². The zero-order valence-corrected chi connectivity index (χ0v) is 22.5. The summed E-state index contributed by atoms with van der Waals surface area (Å²) in [6.07, 6.45) is 3.34. The fraction of sp³-hybridized carbons (Fsp3) is 0.375. The number of halogens is 1. The minimum Gasteiger partial charge on any atom is -0.467 e. The fourth-order valence-corrected chi connectivity index (χ4v) is 5.69. The summed E-state index contributed by atoms with van der Waals surface area (Å²) in [6, 6.07) is 23.5. The lowest BCUT2D eigenvalue weighted by atomic mass is 9.90. The molecule has 38 heavy (non-hydrogen) atoms. The molecule has 6 heteroatoms. The third kappa shape index (κ3) is 5.74. The smallest absolute Gasteiger partial charge is 0.328 e. The van der Waals surface area contributed by atoms with Gasteiger partial charge < -0.3 is 14.5 Å². The van der Waals surface area contributed by atoms with Crippen LogP contribution in [0.15, 0.2) is 78.9 Å². The number of ether oxygens (including phenoxy) is 1. The number of rotatable bonds is 5. The van der Waals surface area contributed by atoms with Gasteiger partial charge in [0.05, 0.1) is 13.0 Å². The van der Waals surface area contributed by atoms with Crippen molar-refractivity contribution in [1.29, 1.82) is 0 Å². The van der Waals surface area contributed by atoms with Gasteiger partial charge in [-0.15, -0.1) is 0 Å². The lowest BCUT2D eigenvalue weighted by Gasteiger charge is -2.32. The zero-order chi connectivity index (χ0) is 27.1. The normalized spacial score (nSPS) is 18.8. The number of carbonyl (C=O) groups excluding carboxylic acids is 2. The van der Waals surface area contributed by atoms with Gasteiger partial charge in [-0.05, 0) is 48.1 Å². The monoisotopic (exact) mass is 516 g/mol. The summed E-state index contributed by atoms with van der Waals surface area (Å²) < 4.78 is 19.4. The Bertz CT molecular complexity index is 1180. The molecule has 3 aromatic carbocycles. The van der Waals surface area contributed by atoms with E-state index in [1.54, 1.807) is 11.0 Å². The molecule has 200 valence electrons. The van der Waals surface area contributed by atoms with E-state index in [1.165, 1.54) is 13.2 Å². The van der Waals surface area contributed by atoms with Crippen molar-refractivity contribution in [3.8, 4) is 0 Å². The van der Waals surface area contributed by atoms with Gasteiger partial charge in [-0.2, -0.15) is 0 Å². The van der Waals surface area contributed by atoms with Gasteiger partial charge in [0.2, 0.25) is 5.91 Å². The van der Waals surface area contributed by atoms with Crippen LogP contribution in [-0.2, 0) is 20.7 Å². The maximum Gasteiger partial charge on any atom is 0.328 e. The molecule has 5 nitrogen and oxygen atoms in total. The summed E-state index contributed by atoms with van der Waals surface area (Å²) in [5.74, 6) is -1.35. The molecule has 3 aromatic rings. The number of carbonyl (C=O) groups is 2. The molecule has 0 radical (unpaired) electrons. The topological polar surface area (TPSA) is 49.9 Å². The standard InChI is InChI=1S/C30H31FN2O3.C2H6/c1-36-30(35)27-19-25(32-17-9-8-10-21-15-16-24(31)18-26(21)32)20-33(27)29(34)28(22-11-4-2-5-12-22)23-13-6-3-7-14-23;1-2/h2-7,11-16,18,25,27-28H,8-10,17,19-20H2,1H3;1-2H3/t25-,27-;/m0./s1. The Morgan fingerprint density at radius 3 is 2.16 bits per heavy atom. The maximum absolute atomic E-state index is 14.3. The molecule has 2 atom stereocenters. The molecule has 2 aliphatic heterocycles. The highest BCUT2D eigenvalue weighted by Crippen LogP contribution is 2.36. The lowest BCUT2D eigenvalue weighted by molar-refractivity contribution is -0.151. The van der Waals surface area contributed by atoms with Gasteiger partial charge in [0, 0.05) is 31.2 Å². The van der Waals surface area contributed by atoms with Gasteiger partial charge in [0.15, 0.2) is 0 Å². The number of aryl methyl sites for hydroxylation is 1. The molecule has 0 unspecified atom stereocenters. The molecule has 0 spiro atoms. The minimum absolute atomic E-state index is 0.108. The predicted molar refractivity (Wildman–Crippen MR) is 149 cm³/mol. The second kappa shape index (κ2) is 12.7. The number of likely N-dealkylation sites (tertiary alicyclic amines) is 1. The summed E-state index contributed by atoms with van der Waals surface area (Å²) in [7, 11) is 1.36. The van der Waals surface area contributed by atoms with Crippen molar-refractivity contribution in [2.45, 2.75) is 57.5 Å². The number of hydrogen-bond donors (Lipinski definition) is 0. The molecule has 1 amide bonds. The Hall–Kier alpha value is -3.67. The van der Waals surface area contributed by atoms with Gasteiger partial charge in [-0.25, -0.2) is 9.18 Å². The van der Waals surface area contributed by atoms with E-state index in [0.717, 1.165) is 48.2 Å². The molecule has 1 saturated heterocycles. The molecule has 2 aliphatic rings. The summed E-state index contributed by atoms with van der Waals surface area (Å²) in [5.41, 5.74) is 3.74. The lowest BCUT2D eigenvalue weighted by Crippen LogP contribution is -2.44. The molecule has 5 rings (SSSR count). The van der Waals surface area contributed by atoms with Crippen molar-refractivity contribution in [2.75, 3.05) is 25.1 Å². The Labute approximate surface area is 225 Å². The van der Waals surface area contributed by atoms with Gasteiger partial charge in [0.25, 0.3) is 0 Å². The van der Waals surface area contributed by atoms with Crippen molar-refractivity contribution >= 4 is 17.6 Å². The Morgan fingerprint density at radius 2 is 1.55 bits per heavy atom. The minimum atomic E-state index is -0.692. The van der Waals surface area contributed by atoms with Crippen LogP contribution in [0.4, 0.5) is 10.1 Å². The Balaban J connectivity index is 0.00000164. The van der Waals surface area contributed by atoms with Crippen LogP contribution in [-0.4, -0.2) is 49.1 Å². The van der Waals surface area contributed by atoms with Crippen LogP contribution in [0.3, 0.4) is 0 Å². The van der Waals surface area contributed by atoms with E-state index in [4.69, 9.17) is 4.74 Å². The number of nitrogens with zero attached hydrogens (tertiary/aromatic N) is 2. The van der Waals surface area contributed by atoms with Crippen LogP contribution in [0.2, 0.25) is 0 Å². The second-order valence-electron chi connectivity index (χ2n) is 9.60. The second-order valence-corrected chi connectivity index (χ2v) is 9.60. The first-order valence-electron chi connectivity index (χ1n) is 13.6. The molecule has 0 N–H and O–H groups in total. The van der Waals surface area contributed by atoms with Crippen molar-refractivity contribution in [3.05, 3.63) is 101 Å². The zero-order valence-electron chi connectivity index (χ0n) is 22.5. The first kappa shape index (κ1) is 27.4. The maximum atomic E-state index is 14.3. The van der Waals surface area contributed by atoms with E-state index in [2.05, 4.69) is 4.90 Å². The van der Waals surface area contributed by atoms with Crippen molar-refractivity contribution in [3.63, 3.8) is 0 Å². The summed E-state index contributed by atoms with van der Waals surface area (Å²) in [6.45, 7) is 5.14. The number of hydrogen-bond acceptors (Lipinski definition) is 4. The van der Waals surface area contributed by atoms with Crippen LogP contribution in [0.1, 0.15) is 55.7 Å². The van der Waals surface area contributed by atoms with Gasteiger partial charge in [0.1, 0.15) is 11.9 Å². The first-order chi connectivity index (χ1) is 18.6. The largest absolute Gasteiger partial charge is 0.467 e. The van der Waals surface area contributed by atoms with E-state index in [-0.39, 0.29) is 17.8 Å². The molecule has 0 saturated carbocycles. The van der Waals surface area contributed by atoms with E-state index in [9.17, 15) is 14.0 Å². The highest BCUT2D eigenvalue weighted by molar-refractivity contribution is 5.92. The van der Waals surface area contributed by atoms with Gasteiger partial charge >= 0.3 is 5.97 Å². The molecule has 0 bridgehead atoms. The first-order valence-corrected chi connectivity index (χ1v) is 13.6. The summed E-state index contributed by atoms with van der Waals surface area (Å²) in [4.78, 5) is 31.0. The third-order valence-corrected chi connectivity index (χ3v) is 7.44. The van der Waals surface area contributed by atoms with Crippen molar-refractivity contribution < 1.29 is 18.7 Å². The molecule has 0 aromatic heterocycles. The predicted octanol–water partition coefficient (Wildman–Crippen LogP) is 5.97. The van der Waals surface area contributed by atoms with Crippen molar-refractivity contribution in [2.24, 2.45) is 0 Å². The van der Waals surface area contributed by atoms with Crippen LogP contribution in [0, 0.1) is 5.82 Å². The Morgan fingerprint density at radius 1 is 0.921 bits per heavy atom. The summed E-state index contributed by atoms with van der Waals surface area (Å²) >= 11 is 0. The number of anilines is 1. The average molecular weight is 517 g/mol. The van der Waals surface area contributed by atoms with E-state index in [0.29, 0.717) is 13.0 Å². The van der Waals surface area contributed by atoms with Crippen LogP contribution in [0.25, 0.3) is 0 Å². The van der Waals surface area contributed by atoms with E-state index >= 15 is 0 Å². The number of esters is 1. The number of benzene rings is 3. The molecular weight excluding hydrogens is 479 g/mol. The van der Waals surface area contributed by atoms with Crippen molar-refractivity contribution in [1.82, 2.24) is 4.90 Å². The Kier molecular flexibility index (Phi) is 9.16. The van der Waals surface area contributed by atoms with E-state index < -0.39 is 17.9 Å². The number of methoxy groups -OCH3 is 1. The molecule has 2 heterocycles. The van der Waals surface area contributed by atoms with Gasteiger partial charge in [-0.3, -0.25) is 4.79 Å². The number of fused-ring (bicyclic) bond motifs is 1. The quantitative estimate of drug-likeness (QED) is 0.392. The SMILES string of the molecule is CC.COC(=O)[C@@H]1C[C@H](N2CCCCc3ccc(F)cc32)CN1C(=O)C(c1ccccc1)c1ccccc1.